The Kier molecular flexibility index (Phi) is 3.94. The van der Waals surface area contributed by atoms with Crippen LogP contribution < -0.4 is 10.9 Å². The number of nitrogens with one attached hydrogen (secondary N) is 1. The molecule has 2 N–H and O–H groups in total. The van der Waals surface area contributed by atoms with Gasteiger partial charge < -0.3 is 19.6 Å². The lowest BCUT2D eigenvalue weighted by Gasteiger charge is -2.43. The lowest BCUT2D eigenvalue weighted by molar-refractivity contribution is -0.0375. The lowest BCUT2D eigenvalue weighted by Crippen LogP contribution is -2.38. The number of hydrogen-bond acceptors (Lipinski definition) is 5. The van der Waals surface area contributed by atoms with E-state index >= 15 is 0 Å². The van der Waals surface area contributed by atoms with Crippen LogP contribution in [0.25, 0.3) is 11.0 Å². The van der Waals surface area contributed by atoms with Gasteiger partial charge in [0, 0.05) is 23.5 Å². The highest BCUT2D eigenvalue weighted by Gasteiger charge is 2.42. The first-order chi connectivity index (χ1) is 13.6. The molecule has 2 aliphatic heterocycles. The summed E-state index contributed by atoms with van der Waals surface area (Å²) in [5.74, 6) is -0.818. The summed E-state index contributed by atoms with van der Waals surface area (Å²) >= 11 is 0. The molecule has 0 unspecified atom stereocenters. The molecule has 3 aromatic rings. The van der Waals surface area contributed by atoms with Crippen molar-refractivity contribution >= 4 is 22.6 Å². The van der Waals surface area contributed by atoms with Gasteiger partial charge in [-0.1, -0.05) is 30.3 Å². The van der Waals surface area contributed by atoms with Gasteiger partial charge in [0.05, 0.1) is 17.7 Å². The fourth-order valence-corrected chi connectivity index (χ4v) is 4.48. The summed E-state index contributed by atoms with van der Waals surface area (Å²) in [6, 6.07) is 14.2. The molecule has 0 amide bonds. The molecule has 0 aliphatic carbocycles. The van der Waals surface area contributed by atoms with E-state index < -0.39 is 11.6 Å². The molecule has 1 aromatic heterocycles. The predicted octanol–water partition coefficient (Wildman–Crippen LogP) is 4.13. The molecular weight excluding hydrogens is 358 g/mol. The van der Waals surface area contributed by atoms with Crippen molar-refractivity contribution in [3.8, 4) is 0 Å². The van der Waals surface area contributed by atoms with Crippen LogP contribution >= 0.6 is 0 Å². The van der Waals surface area contributed by atoms with Crippen LogP contribution in [0.3, 0.4) is 0 Å². The summed E-state index contributed by atoms with van der Waals surface area (Å²) in [4.78, 5) is 23.9. The van der Waals surface area contributed by atoms with Gasteiger partial charge in [-0.05, 0) is 36.6 Å². The Bertz CT molecular complexity index is 1120. The maximum Gasteiger partial charge on any atom is 0.360 e. The molecule has 28 heavy (non-hydrogen) atoms. The molecule has 5 rings (SSSR count). The van der Waals surface area contributed by atoms with E-state index in [1.165, 1.54) is 0 Å². The highest BCUT2D eigenvalue weighted by Crippen LogP contribution is 2.50. The summed E-state index contributed by atoms with van der Waals surface area (Å²) < 4.78 is 11.7. The summed E-state index contributed by atoms with van der Waals surface area (Å²) in [5.41, 5.74) is 2.63. The minimum absolute atomic E-state index is 0.141. The molecule has 0 bridgehead atoms. The largest absolute Gasteiger partial charge is 0.478 e. The topological polar surface area (TPSA) is 88.8 Å². The van der Waals surface area contributed by atoms with Gasteiger partial charge >= 0.3 is 11.6 Å². The van der Waals surface area contributed by atoms with Gasteiger partial charge in [-0.25, -0.2) is 9.59 Å². The Hall–Kier alpha value is -3.12. The fraction of sp³-hybridized carbons (Fsp3) is 0.273. The second-order valence-electron chi connectivity index (χ2n) is 7.32. The van der Waals surface area contributed by atoms with Crippen molar-refractivity contribution in [3.05, 3.63) is 75.6 Å². The lowest BCUT2D eigenvalue weighted by atomic mass is 9.77. The highest BCUT2D eigenvalue weighted by atomic mass is 16.5. The van der Waals surface area contributed by atoms with Crippen molar-refractivity contribution in [3.63, 3.8) is 0 Å². The van der Waals surface area contributed by atoms with Crippen molar-refractivity contribution in [1.29, 1.82) is 0 Å². The number of anilines is 1. The first-order valence-corrected chi connectivity index (χ1v) is 9.40. The Labute approximate surface area is 160 Å². The molecule has 0 saturated carbocycles. The molecule has 3 heterocycles. The first kappa shape index (κ1) is 17.0. The highest BCUT2D eigenvalue weighted by molar-refractivity contribution is 5.88. The smallest absolute Gasteiger partial charge is 0.360 e. The number of carboxylic acids is 1. The van der Waals surface area contributed by atoms with Crippen LogP contribution in [0.1, 0.15) is 46.5 Å². The van der Waals surface area contributed by atoms with Gasteiger partial charge in [-0.2, -0.15) is 0 Å². The molecular formula is C22H19NO5. The van der Waals surface area contributed by atoms with Crippen LogP contribution in [0, 0.1) is 5.92 Å². The van der Waals surface area contributed by atoms with E-state index in [1.807, 2.05) is 18.2 Å². The first-order valence-electron chi connectivity index (χ1n) is 9.40. The standard InChI is InChI=1S/C22H19NO5/c24-21(25)13-9-7-12(8-10-13)18-15-5-3-11-27-20(15)17-14-4-1-2-6-16(14)28-22(26)19(17)23-18/h1-2,4,6-10,15,18,20,23H,3,5,11H2,(H,24,25)/t15-,18-,20-/m0/s1. The van der Waals surface area contributed by atoms with Gasteiger partial charge in [-0.15, -0.1) is 0 Å². The minimum atomic E-state index is -0.959. The van der Waals surface area contributed by atoms with Gasteiger partial charge in [0.25, 0.3) is 0 Å². The zero-order chi connectivity index (χ0) is 19.3. The zero-order valence-electron chi connectivity index (χ0n) is 15.1. The Morgan fingerprint density at radius 1 is 1.11 bits per heavy atom. The van der Waals surface area contributed by atoms with E-state index in [4.69, 9.17) is 14.3 Å². The molecule has 2 aliphatic rings. The monoisotopic (exact) mass is 377 g/mol. The molecule has 3 atom stereocenters. The molecule has 1 fully saturated rings. The van der Waals surface area contributed by atoms with Gasteiger partial charge in [0.1, 0.15) is 11.3 Å². The summed E-state index contributed by atoms with van der Waals surface area (Å²) in [6.07, 6.45) is 1.70. The molecule has 2 aromatic carbocycles. The molecule has 6 nitrogen and oxygen atoms in total. The minimum Gasteiger partial charge on any atom is -0.478 e. The Balaban J connectivity index is 1.66. The van der Waals surface area contributed by atoms with Crippen LogP contribution in [0.2, 0.25) is 0 Å². The van der Waals surface area contributed by atoms with E-state index in [0.717, 1.165) is 29.4 Å². The van der Waals surface area contributed by atoms with Crippen molar-refractivity contribution < 1.29 is 19.1 Å². The van der Waals surface area contributed by atoms with E-state index in [1.54, 1.807) is 30.3 Å². The number of carboxylic acid groups (broad SMARTS) is 1. The van der Waals surface area contributed by atoms with E-state index in [9.17, 15) is 9.59 Å². The number of hydrogen-bond donors (Lipinski definition) is 2. The van der Waals surface area contributed by atoms with Crippen LogP contribution in [-0.4, -0.2) is 17.7 Å². The quantitative estimate of drug-likeness (QED) is 0.653. The average molecular weight is 377 g/mol. The Morgan fingerprint density at radius 2 is 1.89 bits per heavy atom. The van der Waals surface area contributed by atoms with Crippen LogP contribution in [0.15, 0.2) is 57.7 Å². The van der Waals surface area contributed by atoms with E-state index in [-0.39, 0.29) is 23.6 Å². The van der Waals surface area contributed by atoms with Crippen LogP contribution in [0.4, 0.5) is 5.69 Å². The van der Waals surface area contributed by atoms with Gasteiger partial charge in [-0.3, -0.25) is 0 Å². The Morgan fingerprint density at radius 3 is 2.68 bits per heavy atom. The third-order valence-corrected chi connectivity index (χ3v) is 5.75. The van der Waals surface area contributed by atoms with Gasteiger partial charge in [0.2, 0.25) is 0 Å². The number of benzene rings is 2. The SMILES string of the molecule is O=C(O)c1ccc([C@@H]2Nc3c(c4ccccc4oc3=O)[C@H]3OCCC[C@H]32)cc1. The number of fused-ring (bicyclic) bond motifs is 5. The maximum atomic E-state index is 12.7. The number of aromatic carboxylic acids is 1. The number of para-hydroxylation sites is 1. The molecule has 0 radical (unpaired) electrons. The number of carbonyl (C=O) groups is 1. The third kappa shape index (κ3) is 2.60. The third-order valence-electron chi connectivity index (χ3n) is 5.75. The van der Waals surface area contributed by atoms with Crippen molar-refractivity contribution in [1.82, 2.24) is 0 Å². The second kappa shape index (κ2) is 6.49. The maximum absolute atomic E-state index is 12.7. The molecule has 1 saturated heterocycles. The summed E-state index contributed by atoms with van der Waals surface area (Å²) in [5, 5.41) is 13.4. The fourth-order valence-electron chi connectivity index (χ4n) is 4.48. The zero-order valence-corrected chi connectivity index (χ0v) is 15.1. The van der Waals surface area contributed by atoms with Gasteiger partial charge in [0.15, 0.2) is 0 Å². The van der Waals surface area contributed by atoms with Crippen molar-refractivity contribution in [2.24, 2.45) is 5.92 Å². The van der Waals surface area contributed by atoms with Crippen molar-refractivity contribution in [2.75, 3.05) is 11.9 Å². The van der Waals surface area contributed by atoms with Crippen LogP contribution in [0.5, 0.6) is 0 Å². The van der Waals surface area contributed by atoms with Crippen LogP contribution in [-0.2, 0) is 4.74 Å². The number of ether oxygens (including phenoxy) is 1. The normalized spacial score (nSPS) is 23.5. The van der Waals surface area contributed by atoms with Crippen molar-refractivity contribution in [2.45, 2.75) is 25.0 Å². The summed E-state index contributed by atoms with van der Waals surface area (Å²) in [6.45, 7) is 0.653. The molecule has 142 valence electrons. The van der Waals surface area contributed by atoms with E-state index in [0.29, 0.717) is 17.9 Å². The van der Waals surface area contributed by atoms with E-state index in [2.05, 4.69) is 5.32 Å². The predicted molar refractivity (Wildman–Crippen MR) is 104 cm³/mol. The number of rotatable bonds is 2. The molecule has 6 heteroatoms. The summed E-state index contributed by atoms with van der Waals surface area (Å²) in [7, 11) is 0. The molecule has 0 spiro atoms. The second-order valence-corrected chi connectivity index (χ2v) is 7.32. The average Bonchev–Trinajstić information content (AvgIpc) is 2.73.